The van der Waals surface area contributed by atoms with Crippen LogP contribution in [0.2, 0.25) is 0 Å². The highest BCUT2D eigenvalue weighted by atomic mass is 16.5. The van der Waals surface area contributed by atoms with Crippen molar-refractivity contribution in [1.29, 1.82) is 0 Å². The summed E-state index contributed by atoms with van der Waals surface area (Å²) in [7, 11) is 0. The molecule has 0 spiro atoms. The molecule has 0 unspecified atom stereocenters. The van der Waals surface area contributed by atoms with E-state index in [0.29, 0.717) is 18.0 Å². The van der Waals surface area contributed by atoms with Crippen LogP contribution in [0.1, 0.15) is 20.8 Å². The lowest BCUT2D eigenvalue weighted by molar-refractivity contribution is -0.122. The quantitative estimate of drug-likeness (QED) is 0.565. The first kappa shape index (κ1) is 23.5. The number of nitrogens with zero attached hydrogens (tertiary/aromatic N) is 3. The molecule has 0 saturated carbocycles. The average Bonchev–Trinajstić information content (AvgIpc) is 3.22. The summed E-state index contributed by atoms with van der Waals surface area (Å²) in [4.78, 5) is 31.1. The second-order valence-electron chi connectivity index (χ2n) is 8.09. The molecule has 3 heterocycles. The fourth-order valence-corrected chi connectivity index (χ4v) is 3.97. The Balaban J connectivity index is 0.000000913. The molecule has 2 aromatic heterocycles. The Morgan fingerprint density at radius 1 is 1.28 bits per heavy atom. The van der Waals surface area contributed by atoms with Gasteiger partial charge in [-0.2, -0.15) is 0 Å². The normalized spacial score (nSPS) is 14.6. The number of carboxylic acid groups (broad SMARTS) is 1. The van der Waals surface area contributed by atoms with Gasteiger partial charge in [0, 0.05) is 48.5 Å². The number of pyridine rings is 1. The molecule has 0 atom stereocenters. The molecular formula is C23H30N4O5. The Kier molecular flexibility index (Phi) is 7.66. The van der Waals surface area contributed by atoms with Crippen molar-refractivity contribution in [3.8, 4) is 17.1 Å². The van der Waals surface area contributed by atoms with Gasteiger partial charge in [0.1, 0.15) is 11.6 Å². The molecular weight excluding hydrogens is 412 g/mol. The number of hydrogen-bond acceptors (Lipinski definition) is 6. The summed E-state index contributed by atoms with van der Waals surface area (Å²) in [6, 6.07) is 7.59. The van der Waals surface area contributed by atoms with Crippen LogP contribution in [0.3, 0.4) is 0 Å². The Hall–Kier alpha value is -3.17. The average molecular weight is 443 g/mol. The van der Waals surface area contributed by atoms with Crippen LogP contribution in [0, 0.1) is 0 Å². The summed E-state index contributed by atoms with van der Waals surface area (Å²) in [6.45, 7) is 10.8. The van der Waals surface area contributed by atoms with Crippen LogP contribution >= 0.6 is 0 Å². The van der Waals surface area contributed by atoms with Gasteiger partial charge in [0.2, 0.25) is 0 Å². The van der Waals surface area contributed by atoms with Crippen molar-refractivity contribution < 1.29 is 19.4 Å². The first-order valence-corrected chi connectivity index (χ1v) is 10.6. The lowest BCUT2D eigenvalue weighted by Crippen LogP contribution is -2.52. The molecule has 9 heteroatoms. The van der Waals surface area contributed by atoms with Crippen LogP contribution in [-0.2, 0) is 16.1 Å². The number of morpholine rings is 1. The molecule has 1 saturated heterocycles. The Bertz CT molecular complexity index is 1100. The van der Waals surface area contributed by atoms with Crippen molar-refractivity contribution in [1.82, 2.24) is 19.4 Å². The lowest BCUT2D eigenvalue weighted by Gasteiger charge is -2.41. The van der Waals surface area contributed by atoms with Crippen LogP contribution in [0.5, 0.6) is 5.75 Å². The highest BCUT2D eigenvalue weighted by molar-refractivity contribution is 5.83. The van der Waals surface area contributed by atoms with Crippen LogP contribution in [0.4, 0.5) is 0 Å². The predicted molar refractivity (Wildman–Crippen MR) is 122 cm³/mol. The second kappa shape index (κ2) is 10.4. The molecule has 1 fully saturated rings. The van der Waals surface area contributed by atoms with E-state index in [0.717, 1.165) is 49.5 Å². The van der Waals surface area contributed by atoms with E-state index >= 15 is 0 Å². The third-order valence-corrected chi connectivity index (χ3v) is 5.51. The number of ether oxygens (including phenoxy) is 2. The number of hydrogen-bond donors (Lipinski definition) is 2. The van der Waals surface area contributed by atoms with Crippen LogP contribution < -0.4 is 10.3 Å². The zero-order chi connectivity index (χ0) is 23.1. The number of aromatic nitrogens is 3. The zero-order valence-electron chi connectivity index (χ0n) is 18.7. The Labute approximate surface area is 186 Å². The highest BCUT2D eigenvalue weighted by Gasteiger charge is 2.29. The highest BCUT2D eigenvalue weighted by Crippen LogP contribution is 2.25. The maximum absolute atomic E-state index is 12.8. The predicted octanol–water partition coefficient (Wildman–Crippen LogP) is 2.60. The maximum Gasteiger partial charge on any atom is 0.290 e. The molecule has 4 rings (SSSR count). The van der Waals surface area contributed by atoms with E-state index in [1.54, 1.807) is 6.20 Å². The standard InChI is InChI=1S/C22H28N4O3.CH2O2/c1-4-29-17-5-6-19-16(13-17)14-18(21(27)24-19)20-23-7-8-25(20)15-22(2,3)26-9-11-28-12-10-26;2-1-3/h5-8,13-14H,4,9-12,15H2,1-3H3,(H,24,27);1H,(H,2,3). The molecule has 3 aromatic rings. The van der Waals surface area contributed by atoms with E-state index in [1.807, 2.05) is 37.4 Å². The fourth-order valence-electron chi connectivity index (χ4n) is 3.97. The molecule has 1 aromatic carbocycles. The van der Waals surface area contributed by atoms with Crippen molar-refractivity contribution in [2.75, 3.05) is 32.9 Å². The minimum absolute atomic E-state index is 0.0784. The number of benzene rings is 1. The van der Waals surface area contributed by atoms with Crippen molar-refractivity contribution >= 4 is 17.4 Å². The van der Waals surface area contributed by atoms with Gasteiger partial charge in [-0.25, -0.2) is 4.98 Å². The van der Waals surface area contributed by atoms with E-state index in [4.69, 9.17) is 19.4 Å². The number of imidazole rings is 1. The molecule has 0 radical (unpaired) electrons. The molecule has 172 valence electrons. The van der Waals surface area contributed by atoms with Crippen molar-refractivity contribution in [3.63, 3.8) is 0 Å². The molecule has 1 aliphatic heterocycles. The van der Waals surface area contributed by atoms with E-state index in [9.17, 15) is 4.79 Å². The third-order valence-electron chi connectivity index (χ3n) is 5.51. The summed E-state index contributed by atoms with van der Waals surface area (Å²) in [5.41, 5.74) is 1.13. The van der Waals surface area contributed by atoms with Gasteiger partial charge in [-0.3, -0.25) is 14.5 Å². The monoisotopic (exact) mass is 442 g/mol. The van der Waals surface area contributed by atoms with E-state index in [-0.39, 0.29) is 17.6 Å². The molecule has 0 amide bonds. The van der Waals surface area contributed by atoms with Gasteiger partial charge < -0.3 is 24.1 Å². The summed E-state index contributed by atoms with van der Waals surface area (Å²) < 4.78 is 13.2. The van der Waals surface area contributed by atoms with Gasteiger partial charge in [0.15, 0.2) is 0 Å². The van der Waals surface area contributed by atoms with E-state index in [1.165, 1.54) is 0 Å². The number of carbonyl (C=O) groups is 1. The SMILES string of the molecule is CCOc1ccc2[nH]c(=O)c(-c3nccn3CC(C)(C)N3CCOCC3)cc2c1.O=CO. The van der Waals surface area contributed by atoms with Crippen molar-refractivity contribution in [2.24, 2.45) is 0 Å². The van der Waals surface area contributed by atoms with E-state index in [2.05, 4.69) is 33.3 Å². The zero-order valence-corrected chi connectivity index (χ0v) is 18.7. The summed E-state index contributed by atoms with van der Waals surface area (Å²) >= 11 is 0. The number of H-pyrrole nitrogens is 1. The molecule has 1 aliphatic rings. The first-order valence-electron chi connectivity index (χ1n) is 10.6. The summed E-state index contributed by atoms with van der Waals surface area (Å²) in [6.07, 6.45) is 3.70. The second-order valence-corrected chi connectivity index (χ2v) is 8.09. The molecule has 9 nitrogen and oxygen atoms in total. The lowest BCUT2D eigenvalue weighted by atomic mass is 10.0. The van der Waals surface area contributed by atoms with E-state index < -0.39 is 0 Å². The number of fused-ring (bicyclic) bond motifs is 1. The summed E-state index contributed by atoms with van der Waals surface area (Å²) in [5, 5.41) is 7.81. The van der Waals surface area contributed by atoms with Gasteiger partial charge in [-0.15, -0.1) is 0 Å². The minimum atomic E-state index is -0.250. The van der Waals surface area contributed by atoms with Gasteiger partial charge in [-0.1, -0.05) is 0 Å². The largest absolute Gasteiger partial charge is 0.494 e. The maximum atomic E-state index is 12.8. The number of aromatic amines is 1. The van der Waals surface area contributed by atoms with Crippen molar-refractivity contribution in [2.45, 2.75) is 32.9 Å². The molecule has 0 aliphatic carbocycles. The molecule has 32 heavy (non-hydrogen) atoms. The number of nitrogens with one attached hydrogen (secondary N) is 1. The topological polar surface area (TPSA) is 110 Å². The van der Waals surface area contributed by atoms with Gasteiger partial charge in [-0.05, 0) is 45.0 Å². The molecule has 2 N–H and O–H groups in total. The minimum Gasteiger partial charge on any atom is -0.494 e. The van der Waals surface area contributed by atoms with Crippen LogP contribution in [-0.4, -0.2) is 69.5 Å². The van der Waals surface area contributed by atoms with Crippen LogP contribution in [0.15, 0.2) is 41.5 Å². The van der Waals surface area contributed by atoms with Gasteiger partial charge >= 0.3 is 0 Å². The van der Waals surface area contributed by atoms with Crippen LogP contribution in [0.25, 0.3) is 22.3 Å². The summed E-state index contributed by atoms with van der Waals surface area (Å²) in [5.74, 6) is 1.46. The van der Waals surface area contributed by atoms with Gasteiger partial charge in [0.25, 0.3) is 12.0 Å². The van der Waals surface area contributed by atoms with Gasteiger partial charge in [0.05, 0.1) is 25.4 Å². The van der Waals surface area contributed by atoms with Crippen molar-refractivity contribution in [3.05, 3.63) is 47.0 Å². The smallest absolute Gasteiger partial charge is 0.290 e. The molecule has 0 bridgehead atoms. The number of rotatable bonds is 6. The third kappa shape index (κ3) is 5.35. The Morgan fingerprint density at radius 2 is 2.00 bits per heavy atom. The Morgan fingerprint density at radius 3 is 2.69 bits per heavy atom. The first-order chi connectivity index (χ1) is 15.4. The fraction of sp³-hybridized carbons (Fsp3) is 0.435.